The van der Waals surface area contributed by atoms with E-state index in [4.69, 9.17) is 10.2 Å². The number of carbonyl (C=O) groups excluding carboxylic acids is 3. The number of hydrogen-bond acceptors (Lipinski definition) is 7. The molecule has 6 N–H and O–H groups in total. The van der Waals surface area contributed by atoms with Crippen molar-refractivity contribution < 1.29 is 34.2 Å². The molecule has 1 aromatic heterocycles. The molecule has 12 nitrogen and oxygen atoms in total. The first-order valence-electron chi connectivity index (χ1n) is 8.81. The lowest BCUT2D eigenvalue weighted by atomic mass is 10.2. The maximum absolute atomic E-state index is 12.1. The predicted octanol–water partition coefficient (Wildman–Crippen LogP) is 0.239. The normalized spacial score (nSPS) is 11.1. The molecule has 0 bridgehead atoms. The summed E-state index contributed by atoms with van der Waals surface area (Å²) in [5.74, 6) is -4.51. The van der Waals surface area contributed by atoms with Crippen LogP contribution in [0.4, 0.5) is 9.93 Å². The Labute approximate surface area is 179 Å². The van der Waals surface area contributed by atoms with Crippen LogP contribution in [0.1, 0.15) is 22.5 Å². The van der Waals surface area contributed by atoms with E-state index in [0.29, 0.717) is 6.54 Å². The monoisotopic (exact) mass is 449 g/mol. The third-order valence-corrected chi connectivity index (χ3v) is 4.43. The molecule has 0 fully saturated rings. The standard InChI is InChI=1S/C18H19N5O7S/c24-13(21-11(16(28)29)6-14(25)26)8-19-15(27)12-9-31-18(22-12)23-17(30)20-7-10-4-2-1-3-5-10/h1-5,9,11H,6-8H2,(H,19,27)(H,21,24)(H,25,26)(H,28,29)(H2,20,22,23,30). The van der Waals surface area contributed by atoms with Crippen molar-refractivity contribution in [3.8, 4) is 0 Å². The minimum atomic E-state index is -1.62. The van der Waals surface area contributed by atoms with Crippen LogP contribution < -0.4 is 21.3 Å². The maximum Gasteiger partial charge on any atom is 0.326 e. The number of benzene rings is 1. The SMILES string of the molecule is O=C(O)CC(NC(=O)CNC(=O)c1csc(NC(=O)NCc2ccccc2)n1)C(=O)O. The highest BCUT2D eigenvalue weighted by molar-refractivity contribution is 7.14. The molecule has 4 amide bonds. The van der Waals surface area contributed by atoms with Gasteiger partial charge in [0.15, 0.2) is 5.13 Å². The Hall–Kier alpha value is -4.00. The van der Waals surface area contributed by atoms with Crippen molar-refractivity contribution in [2.45, 2.75) is 19.0 Å². The Balaban J connectivity index is 1.79. The predicted molar refractivity (Wildman–Crippen MR) is 109 cm³/mol. The van der Waals surface area contributed by atoms with Gasteiger partial charge in [-0.25, -0.2) is 14.6 Å². The quantitative estimate of drug-likeness (QED) is 0.297. The van der Waals surface area contributed by atoms with Crippen LogP contribution >= 0.6 is 11.3 Å². The van der Waals surface area contributed by atoms with E-state index < -0.39 is 48.8 Å². The number of amides is 4. The molecule has 1 heterocycles. The molecule has 164 valence electrons. The molecule has 0 aliphatic carbocycles. The first kappa shape index (κ1) is 23.3. The number of carboxylic acid groups (broad SMARTS) is 2. The van der Waals surface area contributed by atoms with Gasteiger partial charge in [0, 0.05) is 11.9 Å². The summed E-state index contributed by atoms with van der Waals surface area (Å²) in [6.07, 6.45) is -0.803. The zero-order valence-corrected chi connectivity index (χ0v) is 16.8. The molecule has 2 aromatic rings. The number of hydrogen-bond donors (Lipinski definition) is 6. The van der Waals surface area contributed by atoms with Gasteiger partial charge in [0.25, 0.3) is 5.91 Å². The molecule has 0 aliphatic rings. The third kappa shape index (κ3) is 8.10. The van der Waals surface area contributed by atoms with E-state index in [0.717, 1.165) is 16.9 Å². The second-order valence-corrected chi connectivity index (χ2v) is 6.93. The zero-order chi connectivity index (χ0) is 22.8. The molecule has 1 unspecified atom stereocenters. The summed E-state index contributed by atoms with van der Waals surface area (Å²) in [7, 11) is 0. The fourth-order valence-electron chi connectivity index (χ4n) is 2.23. The van der Waals surface area contributed by atoms with Crippen molar-refractivity contribution >= 4 is 46.3 Å². The van der Waals surface area contributed by atoms with E-state index in [1.807, 2.05) is 35.6 Å². The third-order valence-electron chi connectivity index (χ3n) is 3.67. The van der Waals surface area contributed by atoms with Gasteiger partial charge < -0.3 is 26.2 Å². The van der Waals surface area contributed by atoms with Gasteiger partial charge in [-0.15, -0.1) is 11.3 Å². The van der Waals surface area contributed by atoms with Crippen molar-refractivity contribution in [1.82, 2.24) is 20.9 Å². The minimum Gasteiger partial charge on any atom is -0.481 e. The number of carboxylic acids is 2. The van der Waals surface area contributed by atoms with Crippen molar-refractivity contribution in [2.24, 2.45) is 0 Å². The number of aromatic nitrogens is 1. The number of nitrogens with zero attached hydrogens (tertiary/aromatic N) is 1. The Morgan fingerprint density at radius 3 is 2.39 bits per heavy atom. The van der Waals surface area contributed by atoms with E-state index in [1.54, 1.807) is 0 Å². The van der Waals surface area contributed by atoms with Gasteiger partial charge in [0.1, 0.15) is 11.7 Å². The lowest BCUT2D eigenvalue weighted by molar-refractivity contribution is -0.147. The van der Waals surface area contributed by atoms with Crippen LogP contribution in [0.3, 0.4) is 0 Å². The van der Waals surface area contributed by atoms with E-state index in [9.17, 15) is 24.0 Å². The first-order chi connectivity index (χ1) is 14.7. The second-order valence-electron chi connectivity index (χ2n) is 6.07. The fourth-order valence-corrected chi connectivity index (χ4v) is 2.91. The van der Waals surface area contributed by atoms with Crippen molar-refractivity contribution in [3.05, 3.63) is 47.0 Å². The number of nitrogens with one attached hydrogen (secondary N) is 4. The molecule has 0 aliphatic heterocycles. The Bertz CT molecular complexity index is 963. The summed E-state index contributed by atoms with van der Waals surface area (Å²) in [4.78, 5) is 61.2. The van der Waals surface area contributed by atoms with Crippen LogP contribution in [0.5, 0.6) is 0 Å². The average Bonchev–Trinajstić information content (AvgIpc) is 3.19. The van der Waals surface area contributed by atoms with Gasteiger partial charge in [-0.3, -0.25) is 19.7 Å². The van der Waals surface area contributed by atoms with Gasteiger partial charge in [0.05, 0.1) is 13.0 Å². The Morgan fingerprint density at radius 2 is 1.74 bits per heavy atom. The van der Waals surface area contributed by atoms with Gasteiger partial charge >= 0.3 is 18.0 Å². The summed E-state index contributed by atoms with van der Waals surface area (Å²) in [6.45, 7) is -0.278. The van der Waals surface area contributed by atoms with Crippen LogP contribution in [0.2, 0.25) is 0 Å². The number of thiazole rings is 1. The summed E-state index contributed by atoms with van der Waals surface area (Å²) in [6, 6.07) is 7.11. The van der Waals surface area contributed by atoms with Crippen LogP contribution in [-0.4, -0.2) is 57.6 Å². The smallest absolute Gasteiger partial charge is 0.326 e. The maximum atomic E-state index is 12.1. The van der Waals surface area contributed by atoms with Crippen LogP contribution in [0, 0.1) is 0 Å². The van der Waals surface area contributed by atoms with Crippen molar-refractivity contribution in [3.63, 3.8) is 0 Å². The molecular formula is C18H19N5O7S. The zero-order valence-electron chi connectivity index (χ0n) is 16.0. The van der Waals surface area contributed by atoms with Crippen molar-refractivity contribution in [2.75, 3.05) is 11.9 Å². The van der Waals surface area contributed by atoms with Gasteiger partial charge in [0.2, 0.25) is 5.91 Å². The molecule has 1 atom stereocenters. The fraction of sp³-hybridized carbons (Fsp3) is 0.222. The molecule has 0 saturated heterocycles. The van der Waals surface area contributed by atoms with Gasteiger partial charge in [-0.2, -0.15) is 0 Å². The number of carbonyl (C=O) groups is 5. The second kappa shape index (κ2) is 11.3. The lowest BCUT2D eigenvalue weighted by Gasteiger charge is -2.12. The number of urea groups is 1. The minimum absolute atomic E-state index is 0.0588. The Morgan fingerprint density at radius 1 is 1.03 bits per heavy atom. The molecule has 0 saturated carbocycles. The average molecular weight is 449 g/mol. The largest absolute Gasteiger partial charge is 0.481 e. The van der Waals surface area contributed by atoms with Gasteiger partial charge in [-0.05, 0) is 5.56 Å². The topological polar surface area (TPSA) is 187 Å². The highest BCUT2D eigenvalue weighted by Crippen LogP contribution is 2.15. The van der Waals surface area contributed by atoms with Crippen LogP contribution in [0.15, 0.2) is 35.7 Å². The van der Waals surface area contributed by atoms with Crippen molar-refractivity contribution in [1.29, 1.82) is 0 Å². The molecule has 13 heteroatoms. The molecule has 0 spiro atoms. The molecule has 0 radical (unpaired) electrons. The molecule has 1 aromatic carbocycles. The summed E-state index contributed by atoms with van der Waals surface area (Å²) in [5, 5.41) is 28.4. The summed E-state index contributed by atoms with van der Waals surface area (Å²) in [5.41, 5.74) is 0.847. The highest BCUT2D eigenvalue weighted by atomic mass is 32.1. The van der Waals surface area contributed by atoms with E-state index >= 15 is 0 Å². The van der Waals surface area contributed by atoms with E-state index in [1.165, 1.54) is 5.38 Å². The number of rotatable bonds is 10. The highest BCUT2D eigenvalue weighted by Gasteiger charge is 2.23. The van der Waals surface area contributed by atoms with E-state index in [2.05, 4.69) is 20.9 Å². The lowest BCUT2D eigenvalue weighted by Crippen LogP contribution is -2.46. The summed E-state index contributed by atoms with van der Waals surface area (Å²) >= 11 is 0.996. The molecule has 31 heavy (non-hydrogen) atoms. The number of anilines is 1. The molecule has 2 rings (SSSR count). The first-order valence-corrected chi connectivity index (χ1v) is 9.69. The van der Waals surface area contributed by atoms with E-state index in [-0.39, 0.29) is 10.8 Å². The van der Waals surface area contributed by atoms with Crippen LogP contribution in [0.25, 0.3) is 0 Å². The number of aliphatic carboxylic acids is 2. The molecular weight excluding hydrogens is 430 g/mol. The van der Waals surface area contributed by atoms with Gasteiger partial charge in [-0.1, -0.05) is 30.3 Å². The Kier molecular flexibility index (Phi) is 8.45. The van der Waals surface area contributed by atoms with Crippen LogP contribution in [-0.2, 0) is 20.9 Å². The summed E-state index contributed by atoms with van der Waals surface area (Å²) < 4.78 is 0.